The normalized spacial score (nSPS) is 18.4. The molecule has 0 radical (unpaired) electrons. The van der Waals surface area contributed by atoms with E-state index >= 15 is 0 Å². The van der Waals surface area contributed by atoms with E-state index in [9.17, 15) is 4.79 Å². The number of para-hydroxylation sites is 1. The summed E-state index contributed by atoms with van der Waals surface area (Å²) in [6, 6.07) is 10.00. The highest BCUT2D eigenvalue weighted by atomic mass is 32.1. The molecule has 0 spiro atoms. The Hall–Kier alpha value is -3.11. The van der Waals surface area contributed by atoms with E-state index in [0.29, 0.717) is 43.0 Å². The summed E-state index contributed by atoms with van der Waals surface area (Å²) in [4.78, 5) is 31.0. The fraction of sp³-hybridized carbons (Fsp3) is 0.519. The minimum absolute atomic E-state index is 0.230. The lowest BCUT2D eigenvalue weighted by Crippen LogP contribution is -2.64. The third kappa shape index (κ3) is 6.42. The van der Waals surface area contributed by atoms with Crippen molar-refractivity contribution in [2.45, 2.75) is 64.8 Å². The molecule has 4 rings (SSSR count). The van der Waals surface area contributed by atoms with Crippen molar-refractivity contribution in [1.29, 1.82) is 0 Å². The Morgan fingerprint density at radius 1 is 1.05 bits per heavy atom. The number of rotatable bonds is 5. The maximum atomic E-state index is 12.7. The summed E-state index contributed by atoms with van der Waals surface area (Å²) >= 11 is 5.66. The molecule has 0 aliphatic carbocycles. The summed E-state index contributed by atoms with van der Waals surface area (Å²) in [7, 11) is 0. The monoisotopic (exact) mass is 522 g/mol. The van der Waals surface area contributed by atoms with Crippen molar-refractivity contribution in [3.8, 4) is 0 Å². The second-order valence-corrected chi connectivity index (χ2v) is 10.3. The Bertz CT molecular complexity index is 1130. The van der Waals surface area contributed by atoms with Gasteiger partial charge in [-0.05, 0) is 89.0 Å². The van der Waals surface area contributed by atoms with Gasteiger partial charge in [0.15, 0.2) is 0 Å². The van der Waals surface area contributed by atoms with Crippen LogP contribution >= 0.6 is 12.2 Å². The van der Waals surface area contributed by atoms with Crippen LogP contribution in [0.1, 0.15) is 56.0 Å². The van der Waals surface area contributed by atoms with Gasteiger partial charge in [0.25, 0.3) is 0 Å². The maximum absolute atomic E-state index is 12.7. The maximum Gasteiger partial charge on any atom is 0.238 e. The van der Waals surface area contributed by atoms with Crippen molar-refractivity contribution in [3.63, 3.8) is 0 Å². The summed E-state index contributed by atoms with van der Waals surface area (Å²) in [5, 5.41) is 6.93. The van der Waals surface area contributed by atoms with Crippen LogP contribution in [0.3, 0.4) is 0 Å². The smallest absolute Gasteiger partial charge is 0.238 e. The highest BCUT2D eigenvalue weighted by Crippen LogP contribution is 2.32. The zero-order chi connectivity index (χ0) is 26.4. The van der Waals surface area contributed by atoms with Crippen LogP contribution in [0.4, 0.5) is 11.6 Å². The molecule has 1 aromatic heterocycles. The Morgan fingerprint density at radius 2 is 1.70 bits per heavy atom. The van der Waals surface area contributed by atoms with Crippen molar-refractivity contribution in [2.24, 2.45) is 10.7 Å². The first-order valence-electron chi connectivity index (χ1n) is 13.2. The van der Waals surface area contributed by atoms with Gasteiger partial charge in [-0.2, -0.15) is 4.99 Å². The molecule has 0 saturated carbocycles. The number of aromatic nitrogens is 2. The lowest BCUT2D eigenvalue weighted by atomic mass is 9.83. The van der Waals surface area contributed by atoms with E-state index in [2.05, 4.69) is 43.4 Å². The Kier molecular flexibility index (Phi) is 8.71. The summed E-state index contributed by atoms with van der Waals surface area (Å²) in [6.45, 7) is 9.05. The summed E-state index contributed by atoms with van der Waals surface area (Å²) < 4.78 is 0. The molecule has 0 atom stereocenters. The number of piperidine rings is 2. The summed E-state index contributed by atoms with van der Waals surface area (Å²) in [6.07, 6.45) is 5.58. The number of hydrogen-bond donors (Lipinski definition) is 3. The van der Waals surface area contributed by atoms with E-state index in [4.69, 9.17) is 22.9 Å². The largest absolute Gasteiger partial charge is 0.368 e. The number of benzene rings is 1. The lowest BCUT2D eigenvalue weighted by molar-refractivity contribution is -0.134. The van der Waals surface area contributed by atoms with Crippen LogP contribution in [0, 0.1) is 13.8 Å². The van der Waals surface area contributed by atoms with Crippen molar-refractivity contribution in [1.82, 2.24) is 19.8 Å². The molecule has 9 nitrogen and oxygen atoms in total. The number of carbonyl (C=O) groups is 1. The number of primary amides is 1. The number of nitrogens with one attached hydrogen (secondary N) is 2. The highest BCUT2D eigenvalue weighted by molar-refractivity contribution is 7.80. The third-order valence-corrected chi connectivity index (χ3v) is 7.56. The van der Waals surface area contributed by atoms with E-state index in [1.807, 2.05) is 38.1 Å². The fourth-order valence-electron chi connectivity index (χ4n) is 5.38. The predicted octanol–water partition coefficient (Wildman–Crippen LogP) is 3.63. The van der Waals surface area contributed by atoms with Gasteiger partial charge in [-0.25, -0.2) is 9.97 Å². The van der Waals surface area contributed by atoms with E-state index in [1.165, 1.54) is 6.42 Å². The molecular weight excluding hydrogens is 484 g/mol. The molecule has 0 bridgehead atoms. The average Bonchev–Trinajstić information content (AvgIpc) is 2.88. The Balaban J connectivity index is 1.58. The molecule has 0 unspecified atom stereocenters. The number of carbonyl (C=O) groups excluding carboxylic acids is 1. The van der Waals surface area contributed by atoms with Crippen molar-refractivity contribution in [3.05, 3.63) is 47.3 Å². The number of amides is 1. The minimum Gasteiger partial charge on any atom is -0.368 e. The van der Waals surface area contributed by atoms with Gasteiger partial charge in [0.2, 0.25) is 22.9 Å². The minimum atomic E-state index is -0.614. The van der Waals surface area contributed by atoms with Gasteiger partial charge in [0, 0.05) is 30.2 Å². The van der Waals surface area contributed by atoms with Gasteiger partial charge in [-0.1, -0.05) is 31.5 Å². The number of anilines is 2. The summed E-state index contributed by atoms with van der Waals surface area (Å²) in [5.74, 6) is 0.801. The molecule has 1 aromatic carbocycles. The van der Waals surface area contributed by atoms with Crippen LogP contribution in [0.15, 0.2) is 35.3 Å². The van der Waals surface area contributed by atoms with E-state index < -0.39 is 5.54 Å². The van der Waals surface area contributed by atoms with Crippen LogP contribution in [-0.4, -0.2) is 68.5 Å². The first-order valence-corrected chi connectivity index (χ1v) is 13.6. The van der Waals surface area contributed by atoms with Gasteiger partial charge < -0.3 is 16.0 Å². The number of hydrogen-bond acceptors (Lipinski definition) is 5. The van der Waals surface area contributed by atoms with Crippen LogP contribution in [0.2, 0.25) is 0 Å². The quantitative estimate of drug-likeness (QED) is 0.310. The van der Waals surface area contributed by atoms with Crippen LogP contribution in [-0.2, 0) is 11.2 Å². The second kappa shape index (κ2) is 12.0. The number of aliphatic imine (C=N–C) groups is 1. The van der Waals surface area contributed by atoms with Crippen LogP contribution in [0.25, 0.3) is 0 Å². The number of nitrogens with two attached hydrogens (primary N) is 1. The van der Waals surface area contributed by atoms with Crippen molar-refractivity contribution < 1.29 is 4.79 Å². The fourth-order valence-corrected chi connectivity index (χ4v) is 5.57. The Morgan fingerprint density at radius 3 is 2.32 bits per heavy atom. The number of thiocarbonyl (C=S) groups is 1. The summed E-state index contributed by atoms with van der Waals surface area (Å²) in [5.41, 5.74) is 9.23. The number of guanidine groups is 1. The average molecular weight is 523 g/mol. The lowest BCUT2D eigenvalue weighted by Gasteiger charge is -2.48. The van der Waals surface area contributed by atoms with Crippen LogP contribution in [0.5, 0.6) is 0 Å². The molecule has 1 amide bonds. The number of aryl methyl sites for hydroxylation is 3. The van der Waals surface area contributed by atoms with Gasteiger partial charge in [0.05, 0.1) is 0 Å². The predicted molar refractivity (Wildman–Crippen MR) is 153 cm³/mol. The first-order chi connectivity index (χ1) is 17.8. The van der Waals surface area contributed by atoms with Crippen molar-refractivity contribution in [2.75, 3.05) is 36.8 Å². The number of likely N-dealkylation sites (tertiary alicyclic amines) is 2. The Labute approximate surface area is 224 Å². The molecule has 2 saturated heterocycles. The zero-order valence-corrected chi connectivity index (χ0v) is 22.9. The molecule has 2 aliphatic heterocycles. The molecule has 2 aromatic rings. The van der Waals surface area contributed by atoms with E-state index in [1.54, 1.807) is 0 Å². The standard InChI is InChI=1S/C27H38N8OS/c1-4-21-10-6-7-11-22(21)31-26(37)33-25(32-24-29-19(2)18-20(3)30-24)34-16-12-27(13-17-34,23(28)36)35-14-8-5-9-15-35/h6-7,10-11,18H,4-5,8-9,12-17H2,1-3H3,(H2,28,36)(H2,29,30,31,32,33,37). The SMILES string of the molecule is CCc1ccccc1NC(=S)/N=C(/Nc1nc(C)cc(C)n1)N1CCC(C(N)=O)(N2CCCCC2)CC1. The zero-order valence-electron chi connectivity index (χ0n) is 22.1. The van der Waals surface area contributed by atoms with Gasteiger partial charge in [-0.15, -0.1) is 0 Å². The van der Waals surface area contributed by atoms with Gasteiger partial charge in [-0.3, -0.25) is 15.0 Å². The van der Waals surface area contributed by atoms with Crippen molar-refractivity contribution >= 4 is 40.8 Å². The molecule has 2 aliphatic rings. The van der Waals surface area contributed by atoms with Crippen LogP contribution < -0.4 is 16.4 Å². The van der Waals surface area contributed by atoms with E-state index in [-0.39, 0.29) is 5.91 Å². The molecule has 10 heteroatoms. The molecular formula is C27H38N8OS. The molecule has 3 heterocycles. The molecule has 4 N–H and O–H groups in total. The topological polar surface area (TPSA) is 112 Å². The molecule has 2 fully saturated rings. The molecule has 198 valence electrons. The van der Waals surface area contributed by atoms with Gasteiger partial charge >= 0.3 is 0 Å². The number of nitrogens with zero attached hydrogens (tertiary/aromatic N) is 5. The van der Waals surface area contributed by atoms with E-state index in [0.717, 1.165) is 55.0 Å². The molecule has 37 heavy (non-hydrogen) atoms. The first kappa shape index (κ1) is 26.9. The second-order valence-electron chi connectivity index (χ2n) is 9.91. The highest BCUT2D eigenvalue weighted by Gasteiger charge is 2.45. The van der Waals surface area contributed by atoms with Gasteiger partial charge in [0.1, 0.15) is 5.54 Å². The third-order valence-electron chi connectivity index (χ3n) is 7.36.